The van der Waals surface area contributed by atoms with Crippen LogP contribution in [0.15, 0.2) is 73.1 Å². The van der Waals surface area contributed by atoms with Crippen molar-refractivity contribution < 1.29 is 18.7 Å². The number of nitrogens with one attached hydrogen (secondary N) is 1. The molecule has 0 saturated heterocycles. The molecule has 0 aliphatic rings. The molecule has 2 heterocycles. The number of aryl methyl sites for hydroxylation is 1. The van der Waals surface area contributed by atoms with E-state index in [1.165, 1.54) is 12.1 Å². The fourth-order valence-corrected chi connectivity index (χ4v) is 3.66. The maximum absolute atomic E-state index is 13.5. The molecule has 0 atom stereocenters. The third kappa shape index (κ3) is 6.03. The standard InChI is InChI=1S/C27H27FN4O3/c1-3-25-24(14-15-26(33)30-18-19-5-4-16-29-17-19)27(35-23-10-6-20(28)7-11-23)32(31-25)21-8-12-22(34-2)13-9-21/h4-13,16-17H,3,14-15,18H2,1-2H3,(H,30,33). The van der Waals surface area contributed by atoms with Crippen LogP contribution in [-0.2, 0) is 24.2 Å². The number of hydrogen-bond donors (Lipinski definition) is 1. The quantitative estimate of drug-likeness (QED) is 0.349. The predicted molar refractivity (Wildman–Crippen MR) is 130 cm³/mol. The van der Waals surface area contributed by atoms with Gasteiger partial charge in [0, 0.05) is 30.9 Å². The number of nitrogens with zero attached hydrogens (tertiary/aromatic N) is 3. The van der Waals surface area contributed by atoms with E-state index < -0.39 is 0 Å². The molecule has 180 valence electrons. The van der Waals surface area contributed by atoms with Crippen molar-refractivity contribution in [1.82, 2.24) is 20.1 Å². The van der Waals surface area contributed by atoms with Crippen LogP contribution in [0.1, 0.15) is 30.2 Å². The van der Waals surface area contributed by atoms with E-state index >= 15 is 0 Å². The zero-order valence-electron chi connectivity index (χ0n) is 19.7. The summed E-state index contributed by atoms with van der Waals surface area (Å²) in [4.78, 5) is 16.7. The van der Waals surface area contributed by atoms with Gasteiger partial charge >= 0.3 is 0 Å². The number of halogens is 1. The topological polar surface area (TPSA) is 78.3 Å². The molecule has 2 aromatic carbocycles. The van der Waals surface area contributed by atoms with E-state index in [0.29, 0.717) is 31.0 Å². The van der Waals surface area contributed by atoms with Crippen molar-refractivity contribution in [2.75, 3.05) is 7.11 Å². The summed E-state index contributed by atoms with van der Waals surface area (Å²) >= 11 is 0. The fourth-order valence-electron chi connectivity index (χ4n) is 3.66. The molecule has 0 radical (unpaired) electrons. The van der Waals surface area contributed by atoms with Crippen LogP contribution in [0, 0.1) is 5.82 Å². The van der Waals surface area contributed by atoms with Crippen LogP contribution in [0.2, 0.25) is 0 Å². The Morgan fingerprint density at radius 2 is 1.80 bits per heavy atom. The van der Waals surface area contributed by atoms with Gasteiger partial charge in [-0.15, -0.1) is 0 Å². The molecule has 0 unspecified atom stereocenters. The lowest BCUT2D eigenvalue weighted by molar-refractivity contribution is -0.121. The summed E-state index contributed by atoms with van der Waals surface area (Å²) in [7, 11) is 1.61. The van der Waals surface area contributed by atoms with Crippen LogP contribution in [-0.4, -0.2) is 27.8 Å². The Bertz CT molecular complexity index is 1260. The van der Waals surface area contributed by atoms with Gasteiger partial charge in [0.2, 0.25) is 11.8 Å². The van der Waals surface area contributed by atoms with E-state index in [1.54, 1.807) is 36.3 Å². The summed E-state index contributed by atoms with van der Waals surface area (Å²) in [5.74, 6) is 1.27. The smallest absolute Gasteiger partial charge is 0.226 e. The van der Waals surface area contributed by atoms with Gasteiger partial charge < -0.3 is 14.8 Å². The van der Waals surface area contributed by atoms with E-state index in [2.05, 4.69) is 10.3 Å². The second-order valence-corrected chi connectivity index (χ2v) is 7.89. The fraction of sp³-hybridized carbons (Fsp3) is 0.222. The Morgan fingerprint density at radius 3 is 2.46 bits per heavy atom. The van der Waals surface area contributed by atoms with Gasteiger partial charge in [-0.1, -0.05) is 13.0 Å². The Labute approximate surface area is 203 Å². The predicted octanol–water partition coefficient (Wildman–Crippen LogP) is 5.02. The number of benzene rings is 2. The number of ether oxygens (including phenoxy) is 2. The molecule has 1 N–H and O–H groups in total. The third-order valence-electron chi connectivity index (χ3n) is 5.51. The summed E-state index contributed by atoms with van der Waals surface area (Å²) in [6.07, 6.45) is 4.79. The average Bonchev–Trinajstić information content (AvgIpc) is 3.25. The van der Waals surface area contributed by atoms with Crippen molar-refractivity contribution in [3.05, 3.63) is 95.7 Å². The van der Waals surface area contributed by atoms with E-state index in [0.717, 1.165) is 28.3 Å². The minimum atomic E-state index is -0.347. The number of carbonyl (C=O) groups is 1. The maximum atomic E-state index is 13.5. The molecule has 35 heavy (non-hydrogen) atoms. The molecule has 4 aromatic rings. The first kappa shape index (κ1) is 23.9. The number of carbonyl (C=O) groups excluding carboxylic acids is 1. The molecular formula is C27H27FN4O3. The third-order valence-corrected chi connectivity index (χ3v) is 5.51. The lowest BCUT2D eigenvalue weighted by Crippen LogP contribution is -2.23. The Balaban J connectivity index is 1.60. The zero-order valence-corrected chi connectivity index (χ0v) is 19.7. The number of aromatic nitrogens is 3. The van der Waals surface area contributed by atoms with Gasteiger partial charge in [-0.3, -0.25) is 9.78 Å². The number of methoxy groups -OCH3 is 1. The summed E-state index contributed by atoms with van der Waals surface area (Å²) in [5, 5.41) is 7.71. The van der Waals surface area contributed by atoms with Crippen LogP contribution >= 0.6 is 0 Å². The molecule has 0 bridgehead atoms. The zero-order chi connectivity index (χ0) is 24.6. The average molecular weight is 475 g/mol. The molecule has 0 saturated carbocycles. The Kier molecular flexibility index (Phi) is 7.72. The highest BCUT2D eigenvalue weighted by atomic mass is 19.1. The van der Waals surface area contributed by atoms with Crippen molar-refractivity contribution in [3.63, 3.8) is 0 Å². The number of amides is 1. The van der Waals surface area contributed by atoms with Crippen molar-refractivity contribution in [1.29, 1.82) is 0 Å². The van der Waals surface area contributed by atoms with Gasteiger partial charge in [-0.2, -0.15) is 5.10 Å². The van der Waals surface area contributed by atoms with Gasteiger partial charge in [0.25, 0.3) is 0 Å². The number of pyridine rings is 1. The minimum absolute atomic E-state index is 0.0826. The molecule has 0 spiro atoms. The summed E-state index contributed by atoms with van der Waals surface area (Å²) in [6.45, 7) is 2.42. The lowest BCUT2D eigenvalue weighted by Gasteiger charge is -2.12. The second-order valence-electron chi connectivity index (χ2n) is 7.89. The molecule has 0 aliphatic heterocycles. The van der Waals surface area contributed by atoms with Crippen LogP contribution in [0.4, 0.5) is 4.39 Å². The van der Waals surface area contributed by atoms with Gasteiger partial charge in [0.05, 0.1) is 18.5 Å². The highest BCUT2D eigenvalue weighted by Gasteiger charge is 2.21. The molecule has 1 amide bonds. The summed E-state index contributed by atoms with van der Waals surface area (Å²) in [6, 6.07) is 17.0. The Morgan fingerprint density at radius 1 is 1.06 bits per heavy atom. The van der Waals surface area contributed by atoms with Gasteiger partial charge in [0.15, 0.2) is 0 Å². The first-order valence-electron chi connectivity index (χ1n) is 11.4. The second kappa shape index (κ2) is 11.3. The molecule has 0 aliphatic carbocycles. The lowest BCUT2D eigenvalue weighted by atomic mass is 10.1. The highest BCUT2D eigenvalue weighted by molar-refractivity contribution is 5.76. The maximum Gasteiger partial charge on any atom is 0.226 e. The van der Waals surface area contributed by atoms with Crippen molar-refractivity contribution in [2.45, 2.75) is 32.7 Å². The van der Waals surface area contributed by atoms with Crippen molar-refractivity contribution >= 4 is 5.91 Å². The number of rotatable bonds is 10. The van der Waals surface area contributed by atoms with Gasteiger partial charge in [-0.05, 0) is 73.0 Å². The van der Waals surface area contributed by atoms with E-state index in [1.807, 2.05) is 43.3 Å². The number of hydrogen-bond acceptors (Lipinski definition) is 5. The van der Waals surface area contributed by atoms with E-state index in [9.17, 15) is 9.18 Å². The first-order chi connectivity index (χ1) is 17.1. The van der Waals surface area contributed by atoms with Crippen LogP contribution in [0.5, 0.6) is 17.4 Å². The Hall–Kier alpha value is -4.20. The molecule has 0 fully saturated rings. The molecular weight excluding hydrogens is 447 g/mol. The highest BCUT2D eigenvalue weighted by Crippen LogP contribution is 2.32. The van der Waals surface area contributed by atoms with Crippen molar-refractivity contribution in [3.8, 4) is 23.1 Å². The van der Waals surface area contributed by atoms with Gasteiger partial charge in [0.1, 0.15) is 17.3 Å². The largest absolute Gasteiger partial charge is 0.497 e. The first-order valence-corrected chi connectivity index (χ1v) is 11.4. The summed E-state index contributed by atoms with van der Waals surface area (Å²) < 4.78 is 26.6. The minimum Gasteiger partial charge on any atom is -0.497 e. The van der Waals surface area contributed by atoms with Gasteiger partial charge in [-0.25, -0.2) is 9.07 Å². The van der Waals surface area contributed by atoms with E-state index in [4.69, 9.17) is 14.6 Å². The van der Waals surface area contributed by atoms with Crippen molar-refractivity contribution in [2.24, 2.45) is 0 Å². The van der Waals surface area contributed by atoms with Crippen LogP contribution in [0.3, 0.4) is 0 Å². The SMILES string of the molecule is CCc1nn(-c2ccc(OC)cc2)c(Oc2ccc(F)cc2)c1CCC(=O)NCc1cccnc1. The molecule has 4 rings (SSSR count). The molecule has 2 aromatic heterocycles. The van der Waals surface area contributed by atoms with Crippen LogP contribution < -0.4 is 14.8 Å². The normalized spacial score (nSPS) is 10.7. The monoisotopic (exact) mass is 474 g/mol. The molecule has 8 heteroatoms. The molecule has 7 nitrogen and oxygen atoms in total. The van der Waals surface area contributed by atoms with Crippen LogP contribution in [0.25, 0.3) is 5.69 Å². The summed E-state index contributed by atoms with van der Waals surface area (Å²) in [5.41, 5.74) is 3.38. The van der Waals surface area contributed by atoms with E-state index in [-0.39, 0.29) is 18.1 Å².